The molecule has 6 heteroatoms. The lowest BCUT2D eigenvalue weighted by molar-refractivity contribution is 0.415. The van der Waals surface area contributed by atoms with Crippen LogP contribution in [0, 0.1) is 6.92 Å². The molecule has 0 bridgehead atoms. The van der Waals surface area contributed by atoms with E-state index in [1.807, 2.05) is 25.1 Å². The molecule has 0 radical (unpaired) electrons. The van der Waals surface area contributed by atoms with Gasteiger partial charge < -0.3 is 4.74 Å². The molecule has 100 valence electrons. The predicted molar refractivity (Wildman–Crippen MR) is 79.3 cm³/mol. The molecule has 0 unspecified atom stereocenters. The summed E-state index contributed by atoms with van der Waals surface area (Å²) in [5.74, 6) is 2.11. The van der Waals surface area contributed by atoms with Gasteiger partial charge in [-0.15, -0.1) is 11.8 Å². The Balaban J connectivity index is 2.08. The number of aryl methyl sites for hydroxylation is 1. The van der Waals surface area contributed by atoms with Crippen molar-refractivity contribution in [2.24, 2.45) is 0 Å². The summed E-state index contributed by atoms with van der Waals surface area (Å²) in [7, 11) is 1.60. The SMILES string of the molecule is COc1ccc(CSc2cc(Cl)nc(C)n2)cc1Cl. The summed E-state index contributed by atoms with van der Waals surface area (Å²) in [4.78, 5) is 8.34. The van der Waals surface area contributed by atoms with E-state index in [2.05, 4.69) is 9.97 Å². The second-order valence-corrected chi connectivity index (χ2v) is 5.62. The highest BCUT2D eigenvalue weighted by Crippen LogP contribution is 2.28. The van der Waals surface area contributed by atoms with Gasteiger partial charge in [0.2, 0.25) is 0 Å². The average molecular weight is 315 g/mol. The number of ether oxygens (including phenoxy) is 1. The van der Waals surface area contributed by atoms with E-state index in [4.69, 9.17) is 27.9 Å². The van der Waals surface area contributed by atoms with Crippen molar-refractivity contribution in [3.63, 3.8) is 0 Å². The maximum Gasteiger partial charge on any atom is 0.137 e. The van der Waals surface area contributed by atoms with E-state index in [0.717, 1.165) is 16.3 Å². The van der Waals surface area contributed by atoms with Gasteiger partial charge in [-0.2, -0.15) is 0 Å². The highest BCUT2D eigenvalue weighted by molar-refractivity contribution is 7.98. The topological polar surface area (TPSA) is 35.0 Å². The third-order valence-electron chi connectivity index (χ3n) is 2.39. The molecule has 19 heavy (non-hydrogen) atoms. The van der Waals surface area contributed by atoms with E-state index in [0.29, 0.717) is 21.7 Å². The first-order valence-corrected chi connectivity index (χ1v) is 7.29. The number of hydrogen-bond donors (Lipinski definition) is 0. The van der Waals surface area contributed by atoms with Crippen molar-refractivity contribution in [1.29, 1.82) is 0 Å². The van der Waals surface area contributed by atoms with Crippen LogP contribution in [0.4, 0.5) is 0 Å². The van der Waals surface area contributed by atoms with Crippen LogP contribution in [0.2, 0.25) is 10.2 Å². The molecule has 0 aliphatic heterocycles. The van der Waals surface area contributed by atoms with E-state index in [1.54, 1.807) is 24.9 Å². The van der Waals surface area contributed by atoms with Crippen molar-refractivity contribution in [2.75, 3.05) is 7.11 Å². The summed E-state index contributed by atoms with van der Waals surface area (Å²) in [6.07, 6.45) is 0. The summed E-state index contributed by atoms with van der Waals surface area (Å²) < 4.78 is 5.12. The molecule has 0 atom stereocenters. The smallest absolute Gasteiger partial charge is 0.137 e. The molecule has 0 aliphatic rings. The number of nitrogens with zero attached hydrogens (tertiary/aromatic N) is 2. The van der Waals surface area contributed by atoms with E-state index >= 15 is 0 Å². The van der Waals surface area contributed by atoms with Gasteiger partial charge >= 0.3 is 0 Å². The van der Waals surface area contributed by atoms with Crippen molar-refractivity contribution in [2.45, 2.75) is 17.7 Å². The van der Waals surface area contributed by atoms with Gasteiger partial charge in [0.1, 0.15) is 21.8 Å². The molecule has 2 aromatic rings. The number of hydrogen-bond acceptors (Lipinski definition) is 4. The molecule has 1 aromatic carbocycles. The Kier molecular flexibility index (Phi) is 4.91. The number of thioether (sulfide) groups is 1. The van der Waals surface area contributed by atoms with Gasteiger partial charge in [0.25, 0.3) is 0 Å². The molecule has 0 saturated heterocycles. The molecule has 0 aliphatic carbocycles. The normalized spacial score (nSPS) is 10.5. The second-order valence-electron chi connectivity index (χ2n) is 3.83. The van der Waals surface area contributed by atoms with Crippen LogP contribution in [0.1, 0.15) is 11.4 Å². The minimum absolute atomic E-state index is 0.461. The molecule has 0 fully saturated rings. The van der Waals surface area contributed by atoms with E-state index in [1.165, 1.54) is 0 Å². The Labute approximate surface area is 126 Å². The van der Waals surface area contributed by atoms with E-state index < -0.39 is 0 Å². The summed E-state index contributed by atoms with van der Waals surface area (Å²) in [6, 6.07) is 7.48. The first kappa shape index (κ1) is 14.4. The predicted octanol–water partition coefficient (Wildman–Crippen LogP) is 4.39. The number of aromatic nitrogens is 2. The van der Waals surface area contributed by atoms with Crippen molar-refractivity contribution in [3.8, 4) is 5.75 Å². The molecule has 0 N–H and O–H groups in total. The van der Waals surface area contributed by atoms with Crippen LogP contribution < -0.4 is 4.74 Å². The Hall–Kier alpha value is -0.970. The monoisotopic (exact) mass is 314 g/mol. The van der Waals surface area contributed by atoms with Crippen molar-refractivity contribution in [1.82, 2.24) is 9.97 Å². The maximum absolute atomic E-state index is 6.08. The van der Waals surface area contributed by atoms with Crippen LogP contribution in [-0.2, 0) is 5.75 Å². The van der Waals surface area contributed by atoms with Crippen LogP contribution in [0.25, 0.3) is 0 Å². The second kappa shape index (κ2) is 6.46. The third kappa shape index (κ3) is 4.00. The molecule has 0 amide bonds. The summed E-state index contributed by atoms with van der Waals surface area (Å²) >= 11 is 13.6. The van der Waals surface area contributed by atoms with Crippen LogP contribution in [0.5, 0.6) is 5.75 Å². The molecule has 1 heterocycles. The number of rotatable bonds is 4. The number of halogens is 2. The van der Waals surface area contributed by atoms with Crippen LogP contribution in [0.3, 0.4) is 0 Å². The van der Waals surface area contributed by atoms with Gasteiger partial charge in [0.05, 0.1) is 12.1 Å². The zero-order chi connectivity index (χ0) is 13.8. The lowest BCUT2D eigenvalue weighted by Crippen LogP contribution is -1.91. The zero-order valence-electron chi connectivity index (χ0n) is 10.5. The van der Waals surface area contributed by atoms with Crippen molar-refractivity contribution in [3.05, 3.63) is 45.8 Å². The quantitative estimate of drug-likeness (QED) is 0.619. The lowest BCUT2D eigenvalue weighted by atomic mass is 10.2. The third-order valence-corrected chi connectivity index (χ3v) is 3.86. The molecule has 2 rings (SSSR count). The summed E-state index contributed by atoms with van der Waals surface area (Å²) in [5.41, 5.74) is 1.10. The largest absolute Gasteiger partial charge is 0.495 e. The van der Waals surface area contributed by atoms with Gasteiger partial charge in [-0.05, 0) is 24.6 Å². The fraction of sp³-hybridized carbons (Fsp3) is 0.231. The number of methoxy groups -OCH3 is 1. The van der Waals surface area contributed by atoms with Crippen LogP contribution in [0.15, 0.2) is 29.3 Å². The molecule has 0 saturated carbocycles. The van der Waals surface area contributed by atoms with Crippen molar-refractivity contribution < 1.29 is 4.74 Å². The van der Waals surface area contributed by atoms with Gasteiger partial charge in [0.15, 0.2) is 0 Å². The highest BCUT2D eigenvalue weighted by atomic mass is 35.5. The minimum Gasteiger partial charge on any atom is -0.495 e. The minimum atomic E-state index is 0.461. The Bertz CT molecular complexity index is 573. The van der Waals surface area contributed by atoms with E-state index in [-0.39, 0.29) is 0 Å². The van der Waals surface area contributed by atoms with Gasteiger partial charge in [-0.25, -0.2) is 9.97 Å². The summed E-state index contributed by atoms with van der Waals surface area (Å²) in [6.45, 7) is 1.82. The van der Waals surface area contributed by atoms with Gasteiger partial charge in [-0.1, -0.05) is 29.3 Å². The van der Waals surface area contributed by atoms with Crippen molar-refractivity contribution >= 4 is 35.0 Å². The molecular formula is C13H12Cl2N2OS. The van der Waals surface area contributed by atoms with Crippen LogP contribution >= 0.6 is 35.0 Å². The first-order valence-electron chi connectivity index (χ1n) is 5.55. The molecular weight excluding hydrogens is 303 g/mol. The average Bonchev–Trinajstić information content (AvgIpc) is 2.35. The lowest BCUT2D eigenvalue weighted by Gasteiger charge is -2.06. The van der Waals surface area contributed by atoms with E-state index in [9.17, 15) is 0 Å². The standard InChI is InChI=1S/C13H12Cl2N2OS/c1-8-16-12(15)6-13(17-8)19-7-9-3-4-11(18-2)10(14)5-9/h3-6H,7H2,1-2H3. The van der Waals surface area contributed by atoms with Gasteiger partial charge in [-0.3, -0.25) is 0 Å². The fourth-order valence-corrected chi connectivity index (χ4v) is 2.99. The first-order chi connectivity index (χ1) is 9.08. The molecule has 1 aromatic heterocycles. The Morgan fingerprint density at radius 2 is 2.00 bits per heavy atom. The highest BCUT2D eigenvalue weighted by Gasteiger charge is 2.05. The van der Waals surface area contributed by atoms with Gasteiger partial charge in [0, 0.05) is 11.8 Å². The summed E-state index contributed by atoms with van der Waals surface area (Å²) in [5, 5.41) is 1.92. The zero-order valence-corrected chi connectivity index (χ0v) is 12.8. The Morgan fingerprint density at radius 1 is 1.21 bits per heavy atom. The molecule has 0 spiro atoms. The number of benzene rings is 1. The molecule has 3 nitrogen and oxygen atoms in total. The van der Waals surface area contributed by atoms with Crippen LogP contribution in [-0.4, -0.2) is 17.1 Å². The fourth-order valence-electron chi connectivity index (χ4n) is 1.54. The Morgan fingerprint density at radius 3 is 2.63 bits per heavy atom. The maximum atomic E-state index is 6.08.